The van der Waals surface area contributed by atoms with Gasteiger partial charge in [-0.2, -0.15) is 0 Å². The quantitative estimate of drug-likeness (QED) is 0.774. The van der Waals surface area contributed by atoms with Crippen LogP contribution in [-0.4, -0.2) is 29.2 Å². The molecule has 0 saturated carbocycles. The molecule has 2 heteroatoms. The van der Waals surface area contributed by atoms with Crippen LogP contribution in [0.25, 0.3) is 0 Å². The van der Waals surface area contributed by atoms with Gasteiger partial charge in [-0.15, -0.1) is 0 Å². The monoisotopic (exact) mass is 221 g/mol. The van der Waals surface area contributed by atoms with Crippen LogP contribution in [0.3, 0.4) is 0 Å². The van der Waals surface area contributed by atoms with E-state index < -0.39 is 0 Å². The molecule has 0 spiro atoms. The van der Waals surface area contributed by atoms with Crippen LogP contribution in [0.4, 0.5) is 0 Å². The topological polar surface area (TPSA) is 23.5 Å². The second kappa shape index (κ2) is 5.05. The summed E-state index contributed by atoms with van der Waals surface area (Å²) in [6.45, 7) is 6.59. The molecule has 2 atom stereocenters. The van der Waals surface area contributed by atoms with Crippen LogP contribution >= 0.6 is 0 Å². The fourth-order valence-corrected chi connectivity index (χ4v) is 2.48. The molecule has 1 fully saturated rings. The molecule has 1 N–H and O–H groups in total. The molecule has 16 heavy (non-hydrogen) atoms. The first-order valence-electron chi connectivity index (χ1n) is 6.48. The zero-order chi connectivity index (χ0) is 11.5. The molecule has 90 valence electrons. The molecule has 2 rings (SSSR count). The van der Waals surface area contributed by atoms with Gasteiger partial charge in [0.2, 0.25) is 0 Å². The Bertz CT molecular complexity index is 285. The number of piperidine rings is 1. The summed E-state index contributed by atoms with van der Waals surface area (Å²) in [6.07, 6.45) is 10.0. The van der Waals surface area contributed by atoms with Crippen molar-refractivity contribution in [2.24, 2.45) is 11.8 Å². The smallest absolute Gasteiger partial charge is 0.0577 e. The fourth-order valence-electron chi connectivity index (χ4n) is 2.48. The Hall–Kier alpha value is -0.760. The average Bonchev–Trinajstić information content (AvgIpc) is 2.30. The number of nitrogens with zero attached hydrogens (tertiary/aromatic N) is 1. The lowest BCUT2D eigenvalue weighted by Gasteiger charge is -2.34. The Morgan fingerprint density at radius 1 is 1.38 bits per heavy atom. The molecule has 2 aliphatic rings. The molecular formula is C14H23NO. The maximum Gasteiger partial charge on any atom is 0.0577 e. The van der Waals surface area contributed by atoms with E-state index in [1.807, 2.05) is 6.92 Å². The number of aliphatic hydroxyl groups is 1. The molecule has 0 aromatic rings. The summed E-state index contributed by atoms with van der Waals surface area (Å²) in [5.41, 5.74) is 1.36. The summed E-state index contributed by atoms with van der Waals surface area (Å²) < 4.78 is 0. The first-order valence-corrected chi connectivity index (χ1v) is 6.48. The van der Waals surface area contributed by atoms with Gasteiger partial charge < -0.3 is 10.0 Å². The van der Waals surface area contributed by atoms with Crippen molar-refractivity contribution in [3.63, 3.8) is 0 Å². The van der Waals surface area contributed by atoms with Crippen molar-refractivity contribution in [1.29, 1.82) is 0 Å². The predicted molar refractivity (Wildman–Crippen MR) is 67.0 cm³/mol. The molecule has 2 unspecified atom stereocenters. The number of hydrogen-bond donors (Lipinski definition) is 1. The van der Waals surface area contributed by atoms with Crippen molar-refractivity contribution in [3.8, 4) is 0 Å². The molecule has 1 aliphatic carbocycles. The van der Waals surface area contributed by atoms with Crippen molar-refractivity contribution >= 4 is 0 Å². The van der Waals surface area contributed by atoms with E-state index in [1.54, 1.807) is 0 Å². The largest absolute Gasteiger partial charge is 0.393 e. The second-order valence-corrected chi connectivity index (χ2v) is 5.30. The standard InChI is InChI=1S/C14H23NO/c1-11-7-9-15(10-8-11)14-5-3-13(4-6-14)12(2)16/h3,5-6,11-13,16H,4,7-10H2,1-2H3. The third-order valence-corrected chi connectivity index (χ3v) is 3.88. The molecule has 2 nitrogen and oxygen atoms in total. The SMILES string of the molecule is CC1CCN(C2=CCC(C(C)O)C=C2)CC1. The summed E-state index contributed by atoms with van der Waals surface area (Å²) in [5, 5.41) is 9.51. The van der Waals surface area contributed by atoms with E-state index >= 15 is 0 Å². The maximum absolute atomic E-state index is 9.51. The lowest BCUT2D eigenvalue weighted by molar-refractivity contribution is 0.148. The first-order chi connectivity index (χ1) is 7.66. The van der Waals surface area contributed by atoms with Gasteiger partial charge in [0.1, 0.15) is 0 Å². The molecule has 0 aromatic heterocycles. The first kappa shape index (κ1) is 11.7. The third kappa shape index (κ3) is 2.67. The Balaban J connectivity index is 1.91. The third-order valence-electron chi connectivity index (χ3n) is 3.88. The van der Waals surface area contributed by atoms with Gasteiger partial charge in [-0.05, 0) is 38.2 Å². The molecule has 1 heterocycles. The van der Waals surface area contributed by atoms with Crippen molar-refractivity contribution in [2.75, 3.05) is 13.1 Å². The lowest BCUT2D eigenvalue weighted by atomic mass is 9.93. The van der Waals surface area contributed by atoms with Crippen LogP contribution < -0.4 is 0 Å². The van der Waals surface area contributed by atoms with Crippen molar-refractivity contribution in [2.45, 2.75) is 39.2 Å². The molecular weight excluding hydrogens is 198 g/mol. The van der Waals surface area contributed by atoms with E-state index in [-0.39, 0.29) is 6.10 Å². The van der Waals surface area contributed by atoms with Gasteiger partial charge in [-0.25, -0.2) is 0 Å². The van der Waals surface area contributed by atoms with Crippen LogP contribution in [-0.2, 0) is 0 Å². The van der Waals surface area contributed by atoms with E-state index in [0.29, 0.717) is 5.92 Å². The van der Waals surface area contributed by atoms with E-state index in [2.05, 4.69) is 30.1 Å². The van der Waals surface area contributed by atoms with Gasteiger partial charge in [-0.1, -0.05) is 19.1 Å². The van der Waals surface area contributed by atoms with Crippen molar-refractivity contribution in [1.82, 2.24) is 4.90 Å². The van der Waals surface area contributed by atoms with E-state index in [4.69, 9.17) is 0 Å². The maximum atomic E-state index is 9.51. The van der Waals surface area contributed by atoms with Gasteiger partial charge in [0, 0.05) is 24.7 Å². The Morgan fingerprint density at radius 2 is 2.06 bits per heavy atom. The Morgan fingerprint density at radius 3 is 2.56 bits per heavy atom. The zero-order valence-electron chi connectivity index (χ0n) is 10.4. The number of likely N-dealkylation sites (tertiary alicyclic amines) is 1. The highest BCUT2D eigenvalue weighted by Gasteiger charge is 2.20. The molecule has 0 radical (unpaired) electrons. The van der Waals surface area contributed by atoms with Crippen LogP contribution in [0.5, 0.6) is 0 Å². The summed E-state index contributed by atoms with van der Waals surface area (Å²) in [5.74, 6) is 1.20. The van der Waals surface area contributed by atoms with Crippen LogP contribution in [0.2, 0.25) is 0 Å². The van der Waals surface area contributed by atoms with Gasteiger partial charge in [0.25, 0.3) is 0 Å². The van der Waals surface area contributed by atoms with E-state index in [9.17, 15) is 5.11 Å². The lowest BCUT2D eigenvalue weighted by Crippen LogP contribution is -2.32. The highest BCUT2D eigenvalue weighted by atomic mass is 16.3. The zero-order valence-corrected chi connectivity index (χ0v) is 10.4. The second-order valence-electron chi connectivity index (χ2n) is 5.30. The average molecular weight is 221 g/mol. The number of allylic oxidation sites excluding steroid dienone is 2. The minimum atomic E-state index is -0.226. The minimum absolute atomic E-state index is 0.226. The number of aliphatic hydroxyl groups excluding tert-OH is 1. The summed E-state index contributed by atoms with van der Waals surface area (Å²) >= 11 is 0. The summed E-state index contributed by atoms with van der Waals surface area (Å²) in [7, 11) is 0. The number of rotatable bonds is 2. The van der Waals surface area contributed by atoms with Crippen molar-refractivity contribution < 1.29 is 5.11 Å². The highest BCUT2D eigenvalue weighted by Crippen LogP contribution is 2.25. The van der Waals surface area contributed by atoms with Crippen LogP contribution in [0.1, 0.15) is 33.1 Å². The van der Waals surface area contributed by atoms with Gasteiger partial charge >= 0.3 is 0 Å². The van der Waals surface area contributed by atoms with Gasteiger partial charge in [0.15, 0.2) is 0 Å². The normalized spacial score (nSPS) is 29.1. The summed E-state index contributed by atoms with van der Waals surface area (Å²) in [6, 6.07) is 0. The van der Waals surface area contributed by atoms with Crippen LogP contribution in [0, 0.1) is 11.8 Å². The van der Waals surface area contributed by atoms with Gasteiger partial charge in [0.05, 0.1) is 6.10 Å². The minimum Gasteiger partial charge on any atom is -0.393 e. The molecule has 1 saturated heterocycles. The van der Waals surface area contributed by atoms with E-state index in [0.717, 1.165) is 12.3 Å². The Kier molecular flexibility index (Phi) is 3.70. The molecule has 0 bridgehead atoms. The number of hydrogen-bond acceptors (Lipinski definition) is 2. The summed E-state index contributed by atoms with van der Waals surface area (Å²) in [4.78, 5) is 2.48. The van der Waals surface area contributed by atoms with Crippen LogP contribution in [0.15, 0.2) is 23.9 Å². The highest BCUT2D eigenvalue weighted by molar-refractivity contribution is 5.23. The van der Waals surface area contributed by atoms with Gasteiger partial charge in [-0.3, -0.25) is 0 Å². The van der Waals surface area contributed by atoms with Crippen molar-refractivity contribution in [3.05, 3.63) is 23.9 Å². The Labute approximate surface area is 98.6 Å². The fraction of sp³-hybridized carbons (Fsp3) is 0.714. The predicted octanol–water partition coefficient (Wildman–Crippen LogP) is 2.56. The van der Waals surface area contributed by atoms with E-state index in [1.165, 1.54) is 31.6 Å². The molecule has 0 amide bonds. The molecule has 1 aliphatic heterocycles. The molecule has 0 aromatic carbocycles.